The van der Waals surface area contributed by atoms with Crippen LogP contribution in [0.5, 0.6) is 5.75 Å². The Hall–Kier alpha value is -4.83. The lowest BCUT2D eigenvalue weighted by molar-refractivity contribution is -0.137. The number of aromatic nitrogens is 2. The summed E-state index contributed by atoms with van der Waals surface area (Å²) >= 11 is 6.42. The Morgan fingerprint density at radius 2 is 1.72 bits per heavy atom. The van der Waals surface area contributed by atoms with Gasteiger partial charge in [-0.15, -0.1) is 0 Å². The van der Waals surface area contributed by atoms with E-state index in [0.29, 0.717) is 41.7 Å². The maximum absolute atomic E-state index is 13.9. The average Bonchev–Trinajstić information content (AvgIpc) is 3.52. The Labute approximate surface area is 255 Å². The molecule has 3 N–H and O–H groups in total. The van der Waals surface area contributed by atoms with Gasteiger partial charge in [-0.25, -0.2) is 9.78 Å². The Kier molecular flexibility index (Phi) is 11.2. The van der Waals surface area contributed by atoms with Gasteiger partial charge in [-0.2, -0.15) is 0 Å². The van der Waals surface area contributed by atoms with Crippen LogP contribution in [-0.2, 0) is 29.2 Å². The van der Waals surface area contributed by atoms with Gasteiger partial charge in [0.15, 0.2) is 0 Å². The zero-order valence-corrected chi connectivity index (χ0v) is 24.5. The van der Waals surface area contributed by atoms with Crippen LogP contribution in [0.3, 0.4) is 0 Å². The van der Waals surface area contributed by atoms with E-state index in [-0.39, 0.29) is 25.4 Å². The number of aromatic amines is 1. The van der Waals surface area contributed by atoms with E-state index >= 15 is 0 Å². The van der Waals surface area contributed by atoms with E-state index < -0.39 is 18.0 Å². The van der Waals surface area contributed by atoms with Crippen molar-refractivity contribution in [1.29, 1.82) is 0 Å². The fourth-order valence-corrected chi connectivity index (χ4v) is 4.81. The molecular weight excluding hydrogens is 570 g/mol. The summed E-state index contributed by atoms with van der Waals surface area (Å²) < 4.78 is 5.88. The molecule has 1 unspecified atom stereocenters. The molecule has 10 nitrogen and oxygen atoms in total. The normalized spacial score (nSPS) is 11.4. The highest BCUT2D eigenvalue weighted by atomic mass is 35.5. The molecule has 3 amide bonds. The third kappa shape index (κ3) is 9.08. The second kappa shape index (κ2) is 15.4. The highest BCUT2D eigenvalue weighted by Crippen LogP contribution is 2.26. The smallest absolute Gasteiger partial charge is 0.405 e. The molecule has 1 aromatic heterocycles. The number of ether oxygens (including phenoxy) is 1. The summed E-state index contributed by atoms with van der Waals surface area (Å²) in [5, 5.41) is 12.2. The Morgan fingerprint density at radius 1 is 1.00 bits per heavy atom. The topological polar surface area (TPSA) is 128 Å². The molecule has 1 heterocycles. The molecule has 3 aromatic carbocycles. The van der Waals surface area contributed by atoms with E-state index in [2.05, 4.69) is 15.3 Å². The number of hydrogen-bond donors (Lipinski definition) is 3. The van der Waals surface area contributed by atoms with Crippen molar-refractivity contribution in [2.75, 3.05) is 18.0 Å². The third-order valence-corrected chi connectivity index (χ3v) is 6.97. The maximum atomic E-state index is 13.9. The highest BCUT2D eigenvalue weighted by Gasteiger charge is 2.30. The van der Waals surface area contributed by atoms with Crippen molar-refractivity contribution in [2.45, 2.75) is 39.0 Å². The van der Waals surface area contributed by atoms with Crippen LogP contribution in [0.4, 0.5) is 10.5 Å². The van der Waals surface area contributed by atoms with Gasteiger partial charge in [-0.3, -0.25) is 9.59 Å². The molecule has 0 saturated heterocycles. The van der Waals surface area contributed by atoms with E-state index in [1.165, 1.54) is 17.4 Å². The zero-order chi connectivity index (χ0) is 30.6. The second-order valence-corrected chi connectivity index (χ2v) is 10.3. The summed E-state index contributed by atoms with van der Waals surface area (Å²) in [6, 6.07) is 22.9. The van der Waals surface area contributed by atoms with Gasteiger partial charge in [0, 0.05) is 31.4 Å². The van der Waals surface area contributed by atoms with Gasteiger partial charge in [0.05, 0.1) is 17.0 Å². The molecule has 224 valence electrons. The van der Waals surface area contributed by atoms with Gasteiger partial charge >= 0.3 is 6.09 Å². The minimum absolute atomic E-state index is 0.0330. The van der Waals surface area contributed by atoms with Crippen LogP contribution in [-0.4, -0.2) is 57.0 Å². The molecular formula is C32H34ClN5O5. The SMILES string of the molecule is CCCN(C(=O)CN(Cc1ccc(OCc2ccccc2)cc1)C(=O)C(Cc1cnc[nH]1)NC(=O)O)c1ccccc1Cl. The van der Waals surface area contributed by atoms with Crippen molar-refractivity contribution in [3.8, 4) is 5.75 Å². The molecule has 0 aliphatic rings. The molecule has 11 heteroatoms. The number of hydrogen-bond acceptors (Lipinski definition) is 5. The first-order chi connectivity index (χ1) is 20.8. The van der Waals surface area contributed by atoms with Gasteiger partial charge in [-0.1, -0.05) is 73.1 Å². The molecule has 1 atom stereocenters. The van der Waals surface area contributed by atoms with Crippen LogP contribution in [0.25, 0.3) is 0 Å². The van der Waals surface area contributed by atoms with Gasteiger partial charge < -0.3 is 29.9 Å². The van der Waals surface area contributed by atoms with Gasteiger partial charge in [0.25, 0.3) is 0 Å². The first kappa shape index (κ1) is 31.1. The standard InChI is InChI=1S/C32H34ClN5O5/c1-2-16-38(29-11-7-6-10-27(29)33)30(39)20-37(31(40)28(36-32(41)42)17-25-18-34-22-35-25)19-23-12-14-26(15-13-23)43-21-24-8-4-3-5-9-24/h3-15,18,22,28,36H,2,16-17,19-21H2,1H3,(H,34,35)(H,41,42). The van der Waals surface area contributed by atoms with E-state index in [1.54, 1.807) is 41.3 Å². The number of halogens is 1. The number of para-hydroxylation sites is 1. The largest absolute Gasteiger partial charge is 0.489 e. The number of carboxylic acid groups (broad SMARTS) is 1. The van der Waals surface area contributed by atoms with E-state index in [1.807, 2.05) is 49.4 Å². The van der Waals surface area contributed by atoms with Crippen LogP contribution in [0, 0.1) is 0 Å². The van der Waals surface area contributed by atoms with Crippen LogP contribution in [0.2, 0.25) is 5.02 Å². The molecule has 0 spiro atoms. The summed E-state index contributed by atoms with van der Waals surface area (Å²) in [4.78, 5) is 49.1. The molecule has 43 heavy (non-hydrogen) atoms. The summed E-state index contributed by atoms with van der Waals surface area (Å²) in [6.07, 6.45) is 2.32. The molecule has 4 rings (SSSR count). The van der Waals surface area contributed by atoms with E-state index in [4.69, 9.17) is 16.3 Å². The molecule has 0 saturated carbocycles. The maximum Gasteiger partial charge on any atom is 0.405 e. The fourth-order valence-electron chi connectivity index (χ4n) is 4.57. The van der Waals surface area contributed by atoms with Crippen LogP contribution in [0.1, 0.15) is 30.2 Å². The first-order valence-electron chi connectivity index (χ1n) is 13.9. The minimum atomic E-state index is -1.35. The minimum Gasteiger partial charge on any atom is -0.489 e. The number of carbonyl (C=O) groups is 3. The zero-order valence-electron chi connectivity index (χ0n) is 23.8. The number of H-pyrrole nitrogens is 1. The summed E-state index contributed by atoms with van der Waals surface area (Å²) in [5.41, 5.74) is 2.89. The van der Waals surface area contributed by atoms with Crippen molar-refractivity contribution >= 4 is 35.2 Å². The molecule has 0 bridgehead atoms. The van der Waals surface area contributed by atoms with Crippen molar-refractivity contribution in [2.24, 2.45) is 0 Å². The third-order valence-electron chi connectivity index (χ3n) is 6.65. The van der Waals surface area contributed by atoms with E-state index in [0.717, 1.165) is 11.1 Å². The molecule has 0 fully saturated rings. The molecule has 4 aromatic rings. The second-order valence-electron chi connectivity index (χ2n) is 9.89. The predicted molar refractivity (Wildman–Crippen MR) is 164 cm³/mol. The Balaban J connectivity index is 1.57. The number of anilines is 1. The first-order valence-corrected chi connectivity index (χ1v) is 14.3. The van der Waals surface area contributed by atoms with Crippen molar-refractivity contribution in [1.82, 2.24) is 20.2 Å². The lowest BCUT2D eigenvalue weighted by Gasteiger charge is -2.30. The summed E-state index contributed by atoms with van der Waals surface area (Å²) in [7, 11) is 0. The van der Waals surface area contributed by atoms with Crippen molar-refractivity contribution in [3.63, 3.8) is 0 Å². The number of nitrogens with zero attached hydrogens (tertiary/aromatic N) is 3. The number of rotatable bonds is 14. The number of carbonyl (C=O) groups excluding carboxylic acids is 2. The summed E-state index contributed by atoms with van der Waals surface area (Å²) in [5.74, 6) is -0.244. The number of nitrogens with one attached hydrogen (secondary N) is 2. The fraction of sp³-hybridized carbons (Fsp3) is 0.250. The molecule has 0 aliphatic carbocycles. The Morgan fingerprint density at radius 3 is 2.37 bits per heavy atom. The van der Waals surface area contributed by atoms with Gasteiger partial charge in [0.1, 0.15) is 24.9 Å². The van der Waals surface area contributed by atoms with Crippen molar-refractivity contribution < 1.29 is 24.2 Å². The van der Waals surface area contributed by atoms with Gasteiger partial charge in [-0.05, 0) is 41.8 Å². The number of benzene rings is 3. The lowest BCUT2D eigenvalue weighted by atomic mass is 10.1. The highest BCUT2D eigenvalue weighted by molar-refractivity contribution is 6.33. The van der Waals surface area contributed by atoms with Crippen LogP contribution in [0.15, 0.2) is 91.4 Å². The lowest BCUT2D eigenvalue weighted by Crippen LogP contribution is -2.52. The van der Waals surface area contributed by atoms with E-state index in [9.17, 15) is 19.5 Å². The summed E-state index contributed by atoms with van der Waals surface area (Å²) in [6.45, 7) is 2.51. The van der Waals surface area contributed by atoms with Crippen LogP contribution < -0.4 is 15.0 Å². The quantitative estimate of drug-likeness (QED) is 0.180. The molecule has 0 aliphatic heterocycles. The van der Waals surface area contributed by atoms with Gasteiger partial charge in [0.2, 0.25) is 11.8 Å². The number of amides is 3. The van der Waals surface area contributed by atoms with Crippen molar-refractivity contribution in [3.05, 3.63) is 113 Å². The Bertz CT molecular complexity index is 1480. The predicted octanol–water partition coefficient (Wildman–Crippen LogP) is 5.29. The van der Waals surface area contributed by atoms with Crippen LogP contribution >= 0.6 is 11.6 Å². The monoisotopic (exact) mass is 603 g/mol. The average molecular weight is 604 g/mol. The number of imidazole rings is 1. The molecule has 0 radical (unpaired) electrons.